The van der Waals surface area contributed by atoms with Gasteiger partial charge >= 0.3 is 0 Å². The minimum Gasteiger partial charge on any atom is -0.493 e. The van der Waals surface area contributed by atoms with Gasteiger partial charge in [-0.1, -0.05) is 60.7 Å². The molecule has 1 saturated heterocycles. The minimum absolute atomic E-state index is 0.175. The topological polar surface area (TPSA) is 29.5 Å². The van der Waals surface area contributed by atoms with E-state index in [0.29, 0.717) is 13.0 Å². The predicted octanol–water partition coefficient (Wildman–Crippen LogP) is 5.82. The number of carbonyl (C=O) groups excluding carboxylic acids is 1. The van der Waals surface area contributed by atoms with Gasteiger partial charge in [-0.25, -0.2) is 0 Å². The number of hydrogen-bond acceptors (Lipinski definition) is 4. The fourth-order valence-corrected chi connectivity index (χ4v) is 5.01. The highest BCUT2D eigenvalue weighted by molar-refractivity contribution is 7.99. The first-order chi connectivity index (χ1) is 14.8. The summed E-state index contributed by atoms with van der Waals surface area (Å²) in [6, 6.07) is 22.5. The van der Waals surface area contributed by atoms with E-state index in [4.69, 9.17) is 4.74 Å². The maximum atomic E-state index is 13.2. The molecule has 1 aliphatic rings. The molecule has 0 amide bonds. The van der Waals surface area contributed by atoms with Gasteiger partial charge < -0.3 is 4.74 Å². The lowest BCUT2D eigenvalue weighted by atomic mass is 9.96. The quantitative estimate of drug-likeness (QED) is 0.306. The van der Waals surface area contributed by atoms with Crippen LogP contribution in [0.5, 0.6) is 5.75 Å². The highest BCUT2D eigenvalue weighted by Gasteiger charge is 2.17. The minimum atomic E-state index is 0.175. The summed E-state index contributed by atoms with van der Waals surface area (Å²) in [7, 11) is 0. The van der Waals surface area contributed by atoms with E-state index in [-0.39, 0.29) is 5.78 Å². The van der Waals surface area contributed by atoms with Gasteiger partial charge in [-0.05, 0) is 41.7 Å². The van der Waals surface area contributed by atoms with Gasteiger partial charge in [0.1, 0.15) is 5.75 Å². The normalized spacial score (nSPS) is 14.3. The maximum absolute atomic E-state index is 13.2. The number of benzene rings is 3. The standard InChI is InChI=1S/C26H29NO2S/c28-24(13-6-10-21-8-2-1-3-9-21)26-23-12-5-4-11-22(23)14-15-25(26)29-18-7-16-27-17-19-30-20-27/h1-5,8-9,11-12,14-15H,6-7,10,13,16-20H2. The van der Waals surface area contributed by atoms with Gasteiger partial charge in [-0.3, -0.25) is 9.69 Å². The Bertz CT molecular complexity index is 967. The van der Waals surface area contributed by atoms with Crippen molar-refractivity contribution in [2.45, 2.75) is 25.7 Å². The van der Waals surface area contributed by atoms with Crippen LogP contribution in [0.25, 0.3) is 10.8 Å². The molecule has 0 aromatic heterocycles. The van der Waals surface area contributed by atoms with Crippen LogP contribution in [0.15, 0.2) is 66.7 Å². The van der Waals surface area contributed by atoms with Crippen LogP contribution >= 0.6 is 11.8 Å². The van der Waals surface area contributed by atoms with Gasteiger partial charge in [-0.15, -0.1) is 11.8 Å². The molecule has 4 rings (SSSR count). The van der Waals surface area contributed by atoms with Crippen molar-refractivity contribution < 1.29 is 9.53 Å². The molecule has 0 saturated carbocycles. The first-order valence-electron chi connectivity index (χ1n) is 10.8. The third-order valence-corrected chi connectivity index (χ3v) is 6.60. The number of carbonyl (C=O) groups is 1. The highest BCUT2D eigenvalue weighted by Crippen LogP contribution is 2.30. The summed E-state index contributed by atoms with van der Waals surface area (Å²) in [4.78, 5) is 15.7. The summed E-state index contributed by atoms with van der Waals surface area (Å²) in [5, 5.41) is 2.08. The van der Waals surface area contributed by atoms with Crippen LogP contribution in [-0.4, -0.2) is 42.0 Å². The SMILES string of the molecule is O=C(CCCc1ccccc1)c1c(OCCCN2CCSC2)ccc2ccccc12. The molecule has 30 heavy (non-hydrogen) atoms. The number of Topliss-reactive ketones (excluding diaryl/α,β-unsaturated/α-hetero) is 1. The lowest BCUT2D eigenvalue weighted by Crippen LogP contribution is -2.22. The molecule has 0 unspecified atom stereocenters. The summed E-state index contributed by atoms with van der Waals surface area (Å²) in [5.74, 6) is 3.26. The molecule has 156 valence electrons. The average molecular weight is 420 g/mol. The van der Waals surface area contributed by atoms with Gasteiger partial charge in [0.05, 0.1) is 12.2 Å². The van der Waals surface area contributed by atoms with Crippen molar-refractivity contribution in [2.24, 2.45) is 0 Å². The van der Waals surface area contributed by atoms with Crippen LogP contribution in [0.1, 0.15) is 35.2 Å². The smallest absolute Gasteiger partial charge is 0.167 e. The van der Waals surface area contributed by atoms with Gasteiger partial charge in [0.25, 0.3) is 0 Å². The van der Waals surface area contributed by atoms with Crippen molar-refractivity contribution >= 4 is 28.3 Å². The molecule has 3 nitrogen and oxygen atoms in total. The van der Waals surface area contributed by atoms with Crippen molar-refractivity contribution in [2.75, 3.05) is 31.3 Å². The molecule has 0 spiro atoms. The molecule has 0 aliphatic carbocycles. The molecule has 4 heteroatoms. The van der Waals surface area contributed by atoms with Crippen LogP contribution in [0, 0.1) is 0 Å². The summed E-state index contributed by atoms with van der Waals surface area (Å²) in [5.41, 5.74) is 2.03. The highest BCUT2D eigenvalue weighted by atomic mass is 32.2. The van der Waals surface area contributed by atoms with Gasteiger partial charge in [0.15, 0.2) is 5.78 Å². The maximum Gasteiger partial charge on any atom is 0.167 e. The molecule has 3 aromatic carbocycles. The summed E-state index contributed by atoms with van der Waals surface area (Å²) in [6.07, 6.45) is 3.28. The van der Waals surface area contributed by atoms with Crippen LogP contribution < -0.4 is 4.74 Å². The molecular weight excluding hydrogens is 390 g/mol. The summed E-state index contributed by atoms with van der Waals surface area (Å²) >= 11 is 1.99. The van der Waals surface area contributed by atoms with Crippen LogP contribution in [0.2, 0.25) is 0 Å². The first-order valence-corrected chi connectivity index (χ1v) is 12.0. The molecule has 0 atom stereocenters. The van der Waals surface area contributed by atoms with Crippen molar-refractivity contribution in [1.29, 1.82) is 0 Å². The van der Waals surface area contributed by atoms with Crippen molar-refractivity contribution in [3.63, 3.8) is 0 Å². The second kappa shape index (κ2) is 10.6. The Hall–Kier alpha value is -2.30. The number of ketones is 1. The van der Waals surface area contributed by atoms with E-state index in [9.17, 15) is 4.79 Å². The molecule has 1 fully saturated rings. The van der Waals surface area contributed by atoms with E-state index in [1.54, 1.807) is 0 Å². The number of fused-ring (bicyclic) bond motifs is 1. The third-order valence-electron chi connectivity index (χ3n) is 5.58. The zero-order valence-corrected chi connectivity index (χ0v) is 18.2. The van der Waals surface area contributed by atoms with Gasteiger partial charge in [0, 0.05) is 31.1 Å². The third kappa shape index (κ3) is 5.44. The fraction of sp³-hybridized carbons (Fsp3) is 0.346. The van der Waals surface area contributed by atoms with Crippen molar-refractivity contribution in [1.82, 2.24) is 4.90 Å². The Morgan fingerprint density at radius 1 is 0.967 bits per heavy atom. The predicted molar refractivity (Wildman–Crippen MR) is 127 cm³/mol. The van der Waals surface area contributed by atoms with Gasteiger partial charge in [0.2, 0.25) is 0 Å². The lowest BCUT2D eigenvalue weighted by molar-refractivity contribution is 0.0977. The van der Waals surface area contributed by atoms with Crippen molar-refractivity contribution in [3.8, 4) is 5.75 Å². The number of rotatable bonds is 10. The Morgan fingerprint density at radius 2 is 1.80 bits per heavy atom. The second-order valence-corrected chi connectivity index (χ2v) is 8.85. The van der Waals surface area contributed by atoms with E-state index >= 15 is 0 Å². The molecule has 3 aromatic rings. The zero-order valence-electron chi connectivity index (χ0n) is 17.4. The zero-order chi connectivity index (χ0) is 20.6. The Labute approximate surface area is 183 Å². The Balaban J connectivity index is 1.43. The van der Waals surface area contributed by atoms with E-state index in [0.717, 1.165) is 53.8 Å². The lowest BCUT2D eigenvalue weighted by Gasteiger charge is -2.16. The van der Waals surface area contributed by atoms with E-state index in [1.807, 2.05) is 42.1 Å². The molecule has 0 bridgehead atoms. The molecular formula is C26H29NO2S. The molecule has 1 aliphatic heterocycles. The van der Waals surface area contributed by atoms with E-state index in [1.165, 1.54) is 17.9 Å². The number of ether oxygens (including phenoxy) is 1. The summed E-state index contributed by atoms with van der Waals surface area (Å²) < 4.78 is 6.14. The largest absolute Gasteiger partial charge is 0.493 e. The number of aryl methyl sites for hydroxylation is 1. The molecule has 1 heterocycles. The van der Waals surface area contributed by atoms with Crippen LogP contribution in [-0.2, 0) is 6.42 Å². The monoisotopic (exact) mass is 419 g/mol. The summed E-state index contributed by atoms with van der Waals surface area (Å²) in [6.45, 7) is 2.87. The van der Waals surface area contributed by atoms with Crippen molar-refractivity contribution in [3.05, 3.63) is 77.9 Å². The Morgan fingerprint density at radius 3 is 2.63 bits per heavy atom. The molecule has 0 radical (unpaired) electrons. The second-order valence-electron chi connectivity index (χ2n) is 7.78. The van der Waals surface area contributed by atoms with Gasteiger partial charge in [-0.2, -0.15) is 0 Å². The van der Waals surface area contributed by atoms with E-state index in [2.05, 4.69) is 41.3 Å². The fourth-order valence-electron chi connectivity index (χ4n) is 3.98. The average Bonchev–Trinajstić information content (AvgIpc) is 3.30. The van der Waals surface area contributed by atoms with Crippen LogP contribution in [0.4, 0.5) is 0 Å². The van der Waals surface area contributed by atoms with Crippen LogP contribution in [0.3, 0.4) is 0 Å². The number of nitrogens with zero attached hydrogens (tertiary/aromatic N) is 1. The first kappa shape index (κ1) is 21.0. The number of thioether (sulfide) groups is 1. The van der Waals surface area contributed by atoms with E-state index < -0.39 is 0 Å². The molecule has 0 N–H and O–H groups in total. The number of hydrogen-bond donors (Lipinski definition) is 0. The Kier molecular flexibility index (Phi) is 7.44.